The maximum Gasteiger partial charge on any atom is 0.340 e. The molecule has 0 atom stereocenters. The first-order valence-electron chi connectivity index (χ1n) is 9.96. The molecule has 0 radical (unpaired) electrons. The van der Waals surface area contributed by atoms with Crippen LogP contribution in [0.3, 0.4) is 0 Å². The van der Waals surface area contributed by atoms with Crippen LogP contribution >= 0.6 is 23.5 Å². The molecule has 0 aromatic heterocycles. The molecule has 0 fully saturated rings. The van der Waals surface area contributed by atoms with E-state index in [1.165, 1.54) is 0 Å². The standard InChI is InChI=1S/C23H29NO4S2/c1-5-15-27-22(25)21(23(26)28-16-6-2)24(17-7-11-19(29-3)12-8-17)18-9-13-20(30-4)14-10-18/h7-14,21H,5-6,15-16H2,1-4H3. The third-order valence-corrected chi connectivity index (χ3v) is 5.79. The van der Waals surface area contributed by atoms with Crippen molar-refractivity contribution in [3.63, 3.8) is 0 Å². The van der Waals surface area contributed by atoms with Crippen LogP contribution < -0.4 is 4.90 Å². The first-order valence-corrected chi connectivity index (χ1v) is 12.4. The van der Waals surface area contributed by atoms with Crippen LogP contribution in [0.15, 0.2) is 58.3 Å². The van der Waals surface area contributed by atoms with Gasteiger partial charge in [-0.1, -0.05) is 13.8 Å². The Kier molecular flexibility index (Phi) is 10.1. The van der Waals surface area contributed by atoms with Crippen molar-refractivity contribution in [3.8, 4) is 0 Å². The molecular weight excluding hydrogens is 418 g/mol. The first-order chi connectivity index (χ1) is 14.5. The highest BCUT2D eigenvalue weighted by molar-refractivity contribution is 7.98. The van der Waals surface area contributed by atoms with Crippen molar-refractivity contribution in [2.45, 2.75) is 42.5 Å². The van der Waals surface area contributed by atoms with Crippen LogP contribution in [0.1, 0.15) is 26.7 Å². The molecular formula is C23H29NO4S2. The predicted octanol–water partition coefficient (Wildman–Crippen LogP) is 5.54. The molecule has 7 heteroatoms. The number of hydrogen-bond donors (Lipinski definition) is 0. The Morgan fingerprint density at radius 2 is 1.13 bits per heavy atom. The monoisotopic (exact) mass is 447 g/mol. The third-order valence-electron chi connectivity index (χ3n) is 4.30. The van der Waals surface area contributed by atoms with Gasteiger partial charge in [-0.2, -0.15) is 0 Å². The number of carbonyl (C=O) groups is 2. The molecule has 2 rings (SSSR count). The minimum Gasteiger partial charge on any atom is -0.464 e. The van der Waals surface area contributed by atoms with Crippen molar-refractivity contribution in [3.05, 3.63) is 48.5 Å². The lowest BCUT2D eigenvalue weighted by Crippen LogP contribution is -2.46. The predicted molar refractivity (Wildman–Crippen MR) is 125 cm³/mol. The van der Waals surface area contributed by atoms with Crippen molar-refractivity contribution in [2.24, 2.45) is 0 Å². The minimum absolute atomic E-state index is 0.251. The topological polar surface area (TPSA) is 55.8 Å². The van der Waals surface area contributed by atoms with Gasteiger partial charge >= 0.3 is 11.9 Å². The molecule has 30 heavy (non-hydrogen) atoms. The second-order valence-electron chi connectivity index (χ2n) is 6.50. The van der Waals surface area contributed by atoms with Crippen molar-refractivity contribution in [1.82, 2.24) is 0 Å². The Balaban J connectivity index is 2.53. The summed E-state index contributed by atoms with van der Waals surface area (Å²) in [6, 6.07) is 14.3. The van der Waals surface area contributed by atoms with Crippen LogP contribution in [-0.4, -0.2) is 43.7 Å². The summed E-state index contributed by atoms with van der Waals surface area (Å²) in [5.41, 5.74) is 1.44. The summed E-state index contributed by atoms with van der Waals surface area (Å²) in [5.74, 6) is -1.22. The van der Waals surface area contributed by atoms with Crippen molar-refractivity contribution in [1.29, 1.82) is 0 Å². The average Bonchev–Trinajstić information content (AvgIpc) is 2.79. The zero-order valence-corrected chi connectivity index (χ0v) is 19.6. The number of hydrogen-bond acceptors (Lipinski definition) is 7. The molecule has 5 nitrogen and oxygen atoms in total. The Morgan fingerprint density at radius 1 is 0.767 bits per heavy atom. The Hall–Kier alpha value is -2.12. The lowest BCUT2D eigenvalue weighted by Gasteiger charge is -2.31. The van der Waals surface area contributed by atoms with Crippen LogP contribution in [0, 0.1) is 0 Å². The fraction of sp³-hybridized carbons (Fsp3) is 0.391. The zero-order valence-electron chi connectivity index (χ0n) is 17.9. The lowest BCUT2D eigenvalue weighted by atomic mass is 10.1. The molecule has 2 aromatic carbocycles. The van der Waals surface area contributed by atoms with E-state index in [0.717, 1.165) is 21.2 Å². The molecule has 0 spiro atoms. The van der Waals surface area contributed by atoms with E-state index in [0.29, 0.717) is 12.8 Å². The molecule has 0 saturated heterocycles. The molecule has 0 N–H and O–H groups in total. The molecule has 0 aliphatic heterocycles. The lowest BCUT2D eigenvalue weighted by molar-refractivity contribution is -0.156. The minimum atomic E-state index is -1.22. The van der Waals surface area contributed by atoms with Crippen LogP contribution in [-0.2, 0) is 19.1 Å². The van der Waals surface area contributed by atoms with Gasteiger partial charge in [0.1, 0.15) is 0 Å². The summed E-state index contributed by atoms with van der Waals surface area (Å²) in [5, 5.41) is 0. The average molecular weight is 448 g/mol. The van der Waals surface area contributed by atoms with E-state index in [-0.39, 0.29) is 13.2 Å². The van der Waals surface area contributed by atoms with E-state index in [1.807, 2.05) is 74.9 Å². The summed E-state index contributed by atoms with van der Waals surface area (Å²) in [6.45, 7) is 4.33. The van der Waals surface area contributed by atoms with Crippen molar-refractivity contribution < 1.29 is 19.1 Å². The number of carbonyl (C=O) groups excluding carboxylic acids is 2. The zero-order chi connectivity index (χ0) is 21.9. The number of thioether (sulfide) groups is 2. The van der Waals surface area contributed by atoms with Crippen LogP contribution in [0.2, 0.25) is 0 Å². The van der Waals surface area contributed by atoms with E-state index in [2.05, 4.69) is 0 Å². The van der Waals surface area contributed by atoms with Gasteiger partial charge < -0.3 is 14.4 Å². The van der Waals surface area contributed by atoms with Gasteiger partial charge in [-0.3, -0.25) is 0 Å². The number of rotatable bonds is 11. The molecule has 0 amide bonds. The second kappa shape index (κ2) is 12.5. The molecule has 2 aromatic rings. The van der Waals surface area contributed by atoms with Gasteiger partial charge in [0, 0.05) is 21.2 Å². The second-order valence-corrected chi connectivity index (χ2v) is 8.26. The fourth-order valence-corrected chi connectivity index (χ4v) is 3.62. The van der Waals surface area contributed by atoms with Crippen molar-refractivity contribution in [2.75, 3.05) is 30.6 Å². The smallest absolute Gasteiger partial charge is 0.340 e. The van der Waals surface area contributed by atoms with E-state index in [4.69, 9.17) is 9.47 Å². The fourth-order valence-electron chi connectivity index (χ4n) is 2.80. The number of ether oxygens (including phenoxy) is 2. The van der Waals surface area contributed by atoms with Gasteiger partial charge in [-0.25, -0.2) is 9.59 Å². The van der Waals surface area contributed by atoms with Gasteiger partial charge in [0.05, 0.1) is 13.2 Å². The number of esters is 2. The van der Waals surface area contributed by atoms with Crippen LogP contribution in [0.25, 0.3) is 0 Å². The Bertz CT molecular complexity index is 741. The van der Waals surface area contributed by atoms with Crippen LogP contribution in [0.5, 0.6) is 0 Å². The highest BCUT2D eigenvalue weighted by atomic mass is 32.2. The van der Waals surface area contributed by atoms with E-state index < -0.39 is 18.0 Å². The number of nitrogens with zero attached hydrogens (tertiary/aromatic N) is 1. The van der Waals surface area contributed by atoms with Crippen LogP contribution in [0.4, 0.5) is 11.4 Å². The SMILES string of the molecule is CCCOC(=O)C(C(=O)OCCC)N(c1ccc(SC)cc1)c1ccc(SC)cc1. The normalized spacial score (nSPS) is 10.7. The molecule has 0 unspecified atom stereocenters. The van der Waals surface area contributed by atoms with Gasteiger partial charge in [-0.15, -0.1) is 23.5 Å². The molecule has 0 heterocycles. The maximum atomic E-state index is 13.0. The molecule has 0 aliphatic carbocycles. The third kappa shape index (κ3) is 6.44. The summed E-state index contributed by atoms with van der Waals surface area (Å²) in [4.78, 5) is 29.8. The van der Waals surface area contributed by atoms with Crippen molar-refractivity contribution >= 4 is 46.8 Å². The summed E-state index contributed by atoms with van der Waals surface area (Å²) < 4.78 is 10.8. The van der Waals surface area contributed by atoms with E-state index >= 15 is 0 Å². The summed E-state index contributed by atoms with van der Waals surface area (Å²) in [6.07, 6.45) is 5.35. The first kappa shape index (κ1) is 24.2. The Labute approximate surface area is 187 Å². The van der Waals surface area contributed by atoms with Gasteiger partial charge in [-0.05, 0) is 73.9 Å². The number of benzene rings is 2. The molecule has 0 aliphatic rings. The van der Waals surface area contributed by atoms with E-state index in [9.17, 15) is 9.59 Å². The molecule has 0 bridgehead atoms. The largest absolute Gasteiger partial charge is 0.464 e. The van der Waals surface area contributed by atoms with E-state index in [1.54, 1.807) is 28.4 Å². The quantitative estimate of drug-likeness (QED) is 0.254. The van der Waals surface area contributed by atoms with Gasteiger partial charge in [0.2, 0.25) is 6.04 Å². The molecule has 0 saturated carbocycles. The molecule has 162 valence electrons. The summed E-state index contributed by atoms with van der Waals surface area (Å²) in [7, 11) is 0. The highest BCUT2D eigenvalue weighted by Gasteiger charge is 2.37. The van der Waals surface area contributed by atoms with Gasteiger partial charge in [0.25, 0.3) is 0 Å². The highest BCUT2D eigenvalue weighted by Crippen LogP contribution is 2.32. The summed E-state index contributed by atoms with van der Waals surface area (Å²) >= 11 is 3.26. The van der Waals surface area contributed by atoms with Gasteiger partial charge in [0.15, 0.2) is 0 Å². The maximum absolute atomic E-state index is 13.0. The Morgan fingerprint density at radius 3 is 1.43 bits per heavy atom. The number of anilines is 2.